The number of hydrogen-bond donors (Lipinski definition) is 2. The Balaban J connectivity index is 1.45. The van der Waals surface area contributed by atoms with E-state index in [0.29, 0.717) is 5.82 Å². The smallest absolute Gasteiger partial charge is 0.287 e. The Kier molecular flexibility index (Phi) is 4.13. The van der Waals surface area contributed by atoms with Gasteiger partial charge in [-0.05, 0) is 24.3 Å². The molecule has 2 aromatic rings. The van der Waals surface area contributed by atoms with E-state index in [0.717, 1.165) is 32.5 Å². The lowest BCUT2D eigenvalue weighted by Gasteiger charge is -2.31. The van der Waals surface area contributed by atoms with Crippen LogP contribution in [0.4, 0.5) is 0 Å². The van der Waals surface area contributed by atoms with Crippen molar-refractivity contribution in [2.24, 2.45) is 0 Å². The summed E-state index contributed by atoms with van der Waals surface area (Å²) in [6, 6.07) is 4.53. The molecule has 6 heteroatoms. The summed E-state index contributed by atoms with van der Waals surface area (Å²) in [6.07, 6.45) is 5.26. The van der Waals surface area contributed by atoms with Crippen molar-refractivity contribution in [1.82, 2.24) is 20.2 Å². The van der Waals surface area contributed by atoms with Crippen LogP contribution in [0.1, 0.15) is 28.3 Å². The van der Waals surface area contributed by atoms with Crippen LogP contribution in [0, 0.1) is 0 Å². The van der Waals surface area contributed by atoms with Gasteiger partial charge in [-0.1, -0.05) is 6.07 Å². The van der Waals surface area contributed by atoms with E-state index >= 15 is 0 Å². The number of rotatable bonds is 4. The fraction of sp³-hybridized carbons (Fsp3) is 0.429. The van der Waals surface area contributed by atoms with Crippen LogP contribution < -0.4 is 5.32 Å². The van der Waals surface area contributed by atoms with Gasteiger partial charge < -0.3 is 10.3 Å². The zero-order valence-electron chi connectivity index (χ0n) is 11.2. The van der Waals surface area contributed by atoms with Crippen LogP contribution in [-0.4, -0.2) is 39.9 Å². The standard InChI is InChI=1S/C14H18N4OS/c19-14(13-15-5-6-16-13)17-11-3-7-18(8-4-11)10-12-2-1-9-20-12/h1-2,5-6,9,11H,3-4,7-8,10H2,(H,15,16)(H,17,19). The quantitative estimate of drug-likeness (QED) is 0.903. The zero-order chi connectivity index (χ0) is 13.8. The first-order chi connectivity index (χ1) is 9.81. The molecule has 0 saturated carbocycles. The van der Waals surface area contributed by atoms with Crippen molar-refractivity contribution < 1.29 is 4.79 Å². The summed E-state index contributed by atoms with van der Waals surface area (Å²) in [7, 11) is 0. The number of aromatic nitrogens is 2. The van der Waals surface area contributed by atoms with E-state index in [2.05, 4.69) is 37.7 Å². The average Bonchev–Trinajstić information content (AvgIpc) is 3.13. The van der Waals surface area contributed by atoms with Crippen molar-refractivity contribution in [1.29, 1.82) is 0 Å². The number of nitrogens with zero attached hydrogens (tertiary/aromatic N) is 2. The number of imidazole rings is 1. The number of carbonyl (C=O) groups excluding carboxylic acids is 1. The SMILES string of the molecule is O=C(NC1CCN(Cc2cccs2)CC1)c1ncc[nH]1. The summed E-state index contributed by atoms with van der Waals surface area (Å²) in [5, 5.41) is 5.16. The van der Waals surface area contributed by atoms with Gasteiger partial charge in [0, 0.05) is 42.9 Å². The predicted molar refractivity (Wildman–Crippen MR) is 78.7 cm³/mol. The van der Waals surface area contributed by atoms with Gasteiger partial charge in [0.1, 0.15) is 0 Å². The molecule has 0 radical (unpaired) electrons. The van der Waals surface area contributed by atoms with Crippen LogP contribution in [0.15, 0.2) is 29.9 Å². The van der Waals surface area contributed by atoms with Gasteiger partial charge in [-0.2, -0.15) is 0 Å². The second kappa shape index (κ2) is 6.19. The van der Waals surface area contributed by atoms with Crippen molar-refractivity contribution in [3.05, 3.63) is 40.6 Å². The summed E-state index contributed by atoms with van der Waals surface area (Å²) in [5.41, 5.74) is 0. The van der Waals surface area contributed by atoms with Crippen molar-refractivity contribution in [3.63, 3.8) is 0 Å². The maximum Gasteiger partial charge on any atom is 0.287 e. The van der Waals surface area contributed by atoms with E-state index in [1.54, 1.807) is 23.7 Å². The number of amides is 1. The number of carbonyl (C=O) groups is 1. The molecule has 0 aromatic carbocycles. The third-order valence-electron chi connectivity index (χ3n) is 3.60. The topological polar surface area (TPSA) is 61.0 Å². The molecule has 1 fully saturated rings. The molecule has 0 spiro atoms. The summed E-state index contributed by atoms with van der Waals surface area (Å²) < 4.78 is 0. The zero-order valence-corrected chi connectivity index (χ0v) is 12.0. The Hall–Kier alpha value is -1.66. The summed E-state index contributed by atoms with van der Waals surface area (Å²) >= 11 is 1.80. The summed E-state index contributed by atoms with van der Waals surface area (Å²) in [5.74, 6) is 0.290. The lowest BCUT2D eigenvalue weighted by atomic mass is 10.0. The highest BCUT2D eigenvalue weighted by atomic mass is 32.1. The second-order valence-electron chi connectivity index (χ2n) is 5.04. The molecular weight excluding hydrogens is 272 g/mol. The Morgan fingerprint density at radius 1 is 1.50 bits per heavy atom. The molecule has 20 heavy (non-hydrogen) atoms. The number of hydrogen-bond acceptors (Lipinski definition) is 4. The van der Waals surface area contributed by atoms with E-state index in [9.17, 15) is 4.79 Å². The molecule has 1 saturated heterocycles. The van der Waals surface area contributed by atoms with Crippen LogP contribution in [0.3, 0.4) is 0 Å². The minimum Gasteiger partial charge on any atom is -0.347 e. The van der Waals surface area contributed by atoms with Gasteiger partial charge in [-0.25, -0.2) is 4.98 Å². The Bertz CT molecular complexity index is 530. The summed E-state index contributed by atoms with van der Waals surface area (Å²) in [4.78, 5) is 22.5. The first-order valence-corrected chi connectivity index (χ1v) is 7.74. The second-order valence-corrected chi connectivity index (χ2v) is 6.07. The molecule has 0 aliphatic carbocycles. The van der Waals surface area contributed by atoms with Gasteiger partial charge in [0.05, 0.1) is 0 Å². The van der Waals surface area contributed by atoms with Crippen molar-refractivity contribution in [2.45, 2.75) is 25.4 Å². The van der Waals surface area contributed by atoms with E-state index < -0.39 is 0 Å². The van der Waals surface area contributed by atoms with Gasteiger partial charge in [0.25, 0.3) is 5.91 Å². The molecule has 0 bridgehead atoms. The Labute approximate surface area is 122 Å². The molecule has 3 rings (SSSR count). The predicted octanol–water partition coefficient (Wildman–Crippen LogP) is 1.87. The molecule has 1 aliphatic rings. The fourth-order valence-electron chi connectivity index (χ4n) is 2.50. The molecule has 3 heterocycles. The minimum absolute atomic E-state index is 0.105. The van der Waals surface area contributed by atoms with Gasteiger partial charge in [0.15, 0.2) is 5.82 Å². The highest BCUT2D eigenvalue weighted by Gasteiger charge is 2.21. The molecule has 1 aliphatic heterocycles. The summed E-state index contributed by atoms with van der Waals surface area (Å²) in [6.45, 7) is 3.08. The van der Waals surface area contributed by atoms with Crippen LogP contribution in [0.5, 0.6) is 0 Å². The van der Waals surface area contributed by atoms with Crippen LogP contribution in [0.25, 0.3) is 0 Å². The number of thiophene rings is 1. The number of piperidine rings is 1. The largest absolute Gasteiger partial charge is 0.347 e. The number of nitrogens with one attached hydrogen (secondary N) is 2. The molecule has 5 nitrogen and oxygen atoms in total. The number of likely N-dealkylation sites (tertiary alicyclic amines) is 1. The van der Waals surface area contributed by atoms with Crippen LogP contribution in [-0.2, 0) is 6.54 Å². The van der Waals surface area contributed by atoms with Crippen LogP contribution in [0.2, 0.25) is 0 Å². The van der Waals surface area contributed by atoms with Gasteiger partial charge in [0.2, 0.25) is 0 Å². The van der Waals surface area contributed by atoms with Gasteiger partial charge in [-0.15, -0.1) is 11.3 Å². The Morgan fingerprint density at radius 2 is 2.35 bits per heavy atom. The Morgan fingerprint density at radius 3 is 3.00 bits per heavy atom. The maximum atomic E-state index is 11.9. The third kappa shape index (κ3) is 3.26. The van der Waals surface area contributed by atoms with E-state index in [-0.39, 0.29) is 11.9 Å². The lowest BCUT2D eigenvalue weighted by Crippen LogP contribution is -2.44. The number of aromatic amines is 1. The maximum absolute atomic E-state index is 11.9. The van der Waals surface area contributed by atoms with Crippen molar-refractivity contribution >= 4 is 17.2 Å². The first-order valence-electron chi connectivity index (χ1n) is 6.86. The van der Waals surface area contributed by atoms with Gasteiger partial charge >= 0.3 is 0 Å². The molecule has 0 unspecified atom stereocenters. The number of H-pyrrole nitrogens is 1. The molecule has 1 amide bonds. The molecular formula is C14H18N4OS. The van der Waals surface area contributed by atoms with Crippen molar-refractivity contribution in [3.8, 4) is 0 Å². The lowest BCUT2D eigenvalue weighted by molar-refractivity contribution is 0.0899. The van der Waals surface area contributed by atoms with Gasteiger partial charge in [-0.3, -0.25) is 9.69 Å². The van der Waals surface area contributed by atoms with Crippen LogP contribution >= 0.6 is 11.3 Å². The highest BCUT2D eigenvalue weighted by molar-refractivity contribution is 7.09. The molecule has 106 valence electrons. The first kappa shape index (κ1) is 13.3. The molecule has 2 N–H and O–H groups in total. The normalized spacial score (nSPS) is 17.2. The fourth-order valence-corrected chi connectivity index (χ4v) is 3.25. The van der Waals surface area contributed by atoms with E-state index in [1.165, 1.54) is 4.88 Å². The highest BCUT2D eigenvalue weighted by Crippen LogP contribution is 2.16. The molecule has 0 atom stereocenters. The third-order valence-corrected chi connectivity index (χ3v) is 4.46. The monoisotopic (exact) mass is 290 g/mol. The van der Waals surface area contributed by atoms with Crippen molar-refractivity contribution in [2.75, 3.05) is 13.1 Å². The van der Waals surface area contributed by atoms with E-state index in [1.807, 2.05) is 0 Å². The minimum atomic E-state index is -0.105. The van der Waals surface area contributed by atoms with E-state index in [4.69, 9.17) is 0 Å². The molecule has 2 aromatic heterocycles. The average molecular weight is 290 g/mol.